The van der Waals surface area contributed by atoms with Gasteiger partial charge in [0.2, 0.25) is 5.91 Å². The van der Waals surface area contributed by atoms with Gasteiger partial charge in [-0.05, 0) is 36.8 Å². The zero-order chi connectivity index (χ0) is 16.1. The Kier molecular flexibility index (Phi) is 3.23. The maximum Gasteiger partial charge on any atom is 0.331 e. The van der Waals surface area contributed by atoms with Gasteiger partial charge in [0.25, 0.3) is 0 Å². The molecule has 1 amide bonds. The van der Waals surface area contributed by atoms with Gasteiger partial charge in [-0.1, -0.05) is 24.3 Å². The van der Waals surface area contributed by atoms with E-state index in [2.05, 4.69) is 17.4 Å². The van der Waals surface area contributed by atoms with Crippen LogP contribution in [0.4, 0.5) is 0 Å². The first-order chi connectivity index (χ1) is 11.1. The summed E-state index contributed by atoms with van der Waals surface area (Å²) in [5, 5.41) is 12.3. The van der Waals surface area contributed by atoms with E-state index < -0.39 is 11.5 Å². The number of carboxylic acid groups (broad SMARTS) is 1. The number of aliphatic carboxylic acids is 1. The SMILES string of the molecule is O=C(NC1(C(=O)O)CCOC1)C1CC12CCCc1ccccc12. The highest BCUT2D eigenvalue weighted by atomic mass is 16.5. The molecule has 1 spiro atoms. The van der Waals surface area contributed by atoms with E-state index in [1.54, 1.807) is 0 Å². The van der Waals surface area contributed by atoms with Crippen LogP contribution in [0, 0.1) is 5.92 Å². The number of benzene rings is 1. The third-order valence-electron chi connectivity index (χ3n) is 5.81. The van der Waals surface area contributed by atoms with Crippen molar-refractivity contribution >= 4 is 11.9 Å². The van der Waals surface area contributed by atoms with E-state index in [0.717, 1.165) is 25.7 Å². The molecule has 1 aliphatic heterocycles. The third kappa shape index (κ3) is 2.17. The number of hydrogen-bond donors (Lipinski definition) is 2. The van der Waals surface area contributed by atoms with Crippen molar-refractivity contribution in [3.8, 4) is 0 Å². The Hall–Kier alpha value is -1.88. The van der Waals surface area contributed by atoms with E-state index in [-0.39, 0.29) is 23.8 Å². The topological polar surface area (TPSA) is 75.6 Å². The molecule has 1 saturated heterocycles. The smallest absolute Gasteiger partial charge is 0.331 e. The van der Waals surface area contributed by atoms with E-state index in [1.807, 2.05) is 12.1 Å². The first-order valence-electron chi connectivity index (χ1n) is 8.29. The van der Waals surface area contributed by atoms with Gasteiger partial charge in [0.15, 0.2) is 5.54 Å². The van der Waals surface area contributed by atoms with E-state index in [1.165, 1.54) is 11.1 Å². The maximum absolute atomic E-state index is 12.7. The number of carboxylic acids is 1. The molecule has 0 aromatic heterocycles. The zero-order valence-electron chi connectivity index (χ0n) is 13.0. The van der Waals surface area contributed by atoms with Gasteiger partial charge in [0.1, 0.15) is 0 Å². The minimum atomic E-state index is -1.24. The van der Waals surface area contributed by atoms with Gasteiger partial charge < -0.3 is 15.2 Å². The summed E-state index contributed by atoms with van der Waals surface area (Å²) < 4.78 is 5.22. The summed E-state index contributed by atoms with van der Waals surface area (Å²) in [6.07, 6.45) is 4.34. The van der Waals surface area contributed by atoms with Crippen molar-refractivity contribution in [2.75, 3.05) is 13.2 Å². The molecular formula is C18H21NO4. The number of aryl methyl sites for hydroxylation is 1. The molecule has 0 bridgehead atoms. The van der Waals surface area contributed by atoms with Crippen LogP contribution in [0.25, 0.3) is 0 Å². The van der Waals surface area contributed by atoms with Crippen LogP contribution in [0.3, 0.4) is 0 Å². The molecule has 1 heterocycles. The van der Waals surface area contributed by atoms with E-state index in [9.17, 15) is 14.7 Å². The predicted molar refractivity (Wildman–Crippen MR) is 83.1 cm³/mol. The molecule has 1 aromatic carbocycles. The van der Waals surface area contributed by atoms with Crippen molar-refractivity contribution in [3.63, 3.8) is 0 Å². The maximum atomic E-state index is 12.7. The molecular weight excluding hydrogens is 294 g/mol. The number of rotatable bonds is 3. The van der Waals surface area contributed by atoms with Crippen molar-refractivity contribution in [3.05, 3.63) is 35.4 Å². The predicted octanol–water partition coefficient (Wildman–Crippen LogP) is 1.64. The molecule has 3 aliphatic rings. The molecule has 1 aromatic rings. The Morgan fingerprint density at radius 3 is 2.83 bits per heavy atom. The lowest BCUT2D eigenvalue weighted by atomic mass is 9.78. The van der Waals surface area contributed by atoms with Gasteiger partial charge in [0.05, 0.1) is 6.61 Å². The van der Waals surface area contributed by atoms with Crippen molar-refractivity contribution in [1.82, 2.24) is 5.32 Å². The number of ether oxygens (including phenoxy) is 1. The molecule has 2 N–H and O–H groups in total. The van der Waals surface area contributed by atoms with Gasteiger partial charge in [-0.25, -0.2) is 4.79 Å². The molecule has 1 saturated carbocycles. The van der Waals surface area contributed by atoms with Crippen molar-refractivity contribution in [1.29, 1.82) is 0 Å². The van der Waals surface area contributed by atoms with Crippen LogP contribution in [0.1, 0.15) is 36.8 Å². The monoisotopic (exact) mass is 315 g/mol. The second kappa shape index (κ2) is 5.06. The molecule has 122 valence electrons. The lowest BCUT2D eigenvalue weighted by molar-refractivity contribution is -0.148. The van der Waals surface area contributed by atoms with Crippen LogP contribution in [-0.2, 0) is 26.2 Å². The normalized spacial score (nSPS) is 34.9. The third-order valence-corrected chi connectivity index (χ3v) is 5.81. The first-order valence-corrected chi connectivity index (χ1v) is 8.29. The van der Waals surface area contributed by atoms with Gasteiger partial charge in [0, 0.05) is 24.4 Å². The summed E-state index contributed by atoms with van der Waals surface area (Å²) in [5.41, 5.74) is 1.32. The minimum absolute atomic E-state index is 0.0599. The fraction of sp³-hybridized carbons (Fsp3) is 0.556. The summed E-state index contributed by atoms with van der Waals surface area (Å²) in [6, 6.07) is 8.35. The fourth-order valence-electron chi connectivity index (χ4n) is 4.38. The largest absolute Gasteiger partial charge is 0.479 e. The fourth-order valence-corrected chi connectivity index (χ4v) is 4.38. The number of carbonyl (C=O) groups is 2. The Labute approximate surface area is 135 Å². The zero-order valence-corrected chi connectivity index (χ0v) is 13.0. The summed E-state index contributed by atoms with van der Waals surface area (Å²) in [5.74, 6) is -1.24. The number of carbonyl (C=O) groups excluding carboxylic acids is 1. The highest BCUT2D eigenvalue weighted by Gasteiger charge is 2.61. The molecule has 4 rings (SSSR count). The Balaban J connectivity index is 1.55. The molecule has 0 radical (unpaired) electrons. The Bertz CT molecular complexity index is 665. The molecule has 3 atom stereocenters. The summed E-state index contributed by atoms with van der Waals surface area (Å²) >= 11 is 0. The van der Waals surface area contributed by atoms with Crippen LogP contribution in [0.5, 0.6) is 0 Å². The van der Waals surface area contributed by atoms with Crippen molar-refractivity contribution in [2.45, 2.75) is 43.1 Å². The molecule has 5 heteroatoms. The second-order valence-corrected chi connectivity index (χ2v) is 7.10. The minimum Gasteiger partial charge on any atom is -0.479 e. The number of amides is 1. The Morgan fingerprint density at radius 2 is 2.09 bits per heavy atom. The van der Waals surface area contributed by atoms with Gasteiger partial charge in [-0.2, -0.15) is 0 Å². The second-order valence-electron chi connectivity index (χ2n) is 7.10. The lowest BCUT2D eigenvalue weighted by Gasteiger charge is -2.28. The van der Waals surface area contributed by atoms with Crippen LogP contribution in [0.2, 0.25) is 0 Å². The molecule has 2 aliphatic carbocycles. The average molecular weight is 315 g/mol. The quantitative estimate of drug-likeness (QED) is 0.889. The molecule has 2 fully saturated rings. The number of fused-ring (bicyclic) bond motifs is 2. The van der Waals surface area contributed by atoms with Gasteiger partial charge in [-0.3, -0.25) is 4.79 Å². The molecule has 5 nitrogen and oxygen atoms in total. The van der Waals surface area contributed by atoms with Crippen LogP contribution in [-0.4, -0.2) is 35.7 Å². The summed E-state index contributed by atoms with van der Waals surface area (Å²) in [6.45, 7) is 0.440. The van der Waals surface area contributed by atoms with Crippen molar-refractivity contribution < 1.29 is 19.4 Å². The molecule has 3 unspecified atom stereocenters. The average Bonchev–Trinajstić information content (AvgIpc) is 3.05. The van der Waals surface area contributed by atoms with Crippen molar-refractivity contribution in [2.24, 2.45) is 5.92 Å². The highest BCUT2D eigenvalue weighted by Crippen LogP contribution is 2.60. The molecule has 23 heavy (non-hydrogen) atoms. The van der Waals surface area contributed by atoms with Gasteiger partial charge >= 0.3 is 5.97 Å². The van der Waals surface area contributed by atoms with Crippen LogP contribution in [0.15, 0.2) is 24.3 Å². The van der Waals surface area contributed by atoms with Crippen LogP contribution < -0.4 is 5.32 Å². The van der Waals surface area contributed by atoms with E-state index in [4.69, 9.17) is 4.74 Å². The van der Waals surface area contributed by atoms with Crippen LogP contribution >= 0.6 is 0 Å². The van der Waals surface area contributed by atoms with Gasteiger partial charge in [-0.15, -0.1) is 0 Å². The standard InChI is InChI=1S/C18H21NO4/c20-15(19-18(16(21)22)8-9-23-11-18)14-10-17(14)7-3-5-12-4-1-2-6-13(12)17/h1-2,4,6,14H,3,5,7-11H2,(H,19,20)(H,21,22). The number of hydrogen-bond acceptors (Lipinski definition) is 3. The Morgan fingerprint density at radius 1 is 1.26 bits per heavy atom. The van der Waals surface area contributed by atoms with E-state index >= 15 is 0 Å². The highest BCUT2D eigenvalue weighted by molar-refractivity contribution is 5.91. The first kappa shape index (κ1) is 14.7. The summed E-state index contributed by atoms with van der Waals surface area (Å²) in [4.78, 5) is 24.3. The lowest BCUT2D eigenvalue weighted by Crippen LogP contribution is -2.56. The number of nitrogens with one attached hydrogen (secondary N) is 1. The van der Waals surface area contributed by atoms with E-state index in [0.29, 0.717) is 13.0 Å². The summed E-state index contributed by atoms with van der Waals surface area (Å²) in [7, 11) is 0.